The van der Waals surface area contributed by atoms with E-state index in [2.05, 4.69) is 29.2 Å². The average molecular weight is 235 g/mol. The lowest BCUT2D eigenvalue weighted by Gasteiger charge is -2.28. The summed E-state index contributed by atoms with van der Waals surface area (Å²) >= 11 is 0. The van der Waals surface area contributed by atoms with Gasteiger partial charge in [0.05, 0.1) is 0 Å². The highest BCUT2D eigenvalue weighted by Crippen LogP contribution is 2.18. The van der Waals surface area contributed by atoms with E-state index in [1.165, 1.54) is 0 Å². The first-order valence-electron chi connectivity index (χ1n) is 6.34. The zero-order valence-electron chi connectivity index (χ0n) is 10.6. The zero-order chi connectivity index (χ0) is 12.1. The Balaban J connectivity index is 1.91. The molecular weight excluding hydrogens is 214 g/mol. The van der Waals surface area contributed by atoms with Gasteiger partial charge in [0.1, 0.15) is 11.9 Å². The first-order chi connectivity index (χ1) is 8.28. The summed E-state index contributed by atoms with van der Waals surface area (Å²) in [4.78, 5) is 6.76. The van der Waals surface area contributed by atoms with Gasteiger partial charge >= 0.3 is 0 Å². The number of hydrogen-bond acceptors (Lipinski definition) is 4. The number of ether oxygens (including phenoxy) is 1. The Bertz CT molecular complexity index is 348. The largest absolute Gasteiger partial charge is 0.474 e. The molecule has 1 aliphatic heterocycles. The highest BCUT2D eigenvalue weighted by Gasteiger charge is 2.18. The lowest BCUT2D eigenvalue weighted by atomic mass is 10.1. The third-order valence-corrected chi connectivity index (χ3v) is 3.03. The van der Waals surface area contributed by atoms with Crippen molar-refractivity contribution in [2.75, 3.05) is 32.0 Å². The second-order valence-electron chi connectivity index (χ2n) is 4.51. The second kappa shape index (κ2) is 5.87. The van der Waals surface area contributed by atoms with Crippen LogP contribution >= 0.6 is 0 Å². The van der Waals surface area contributed by atoms with Crippen LogP contribution in [0, 0.1) is 0 Å². The van der Waals surface area contributed by atoms with E-state index in [1.807, 2.05) is 18.2 Å². The maximum atomic E-state index is 5.91. The van der Waals surface area contributed by atoms with E-state index >= 15 is 0 Å². The van der Waals surface area contributed by atoms with Crippen molar-refractivity contribution in [3.05, 3.63) is 18.2 Å². The van der Waals surface area contributed by atoms with Crippen LogP contribution in [0.5, 0.6) is 5.88 Å². The van der Waals surface area contributed by atoms with Crippen LogP contribution in [0.4, 0.5) is 5.82 Å². The van der Waals surface area contributed by atoms with E-state index in [-0.39, 0.29) is 0 Å². The molecule has 1 N–H and O–H groups in total. The molecule has 1 aromatic rings. The summed E-state index contributed by atoms with van der Waals surface area (Å²) in [6.07, 6.45) is 2.49. The van der Waals surface area contributed by atoms with Gasteiger partial charge in [-0.15, -0.1) is 0 Å². The Kier molecular flexibility index (Phi) is 4.20. The fraction of sp³-hybridized carbons (Fsp3) is 0.615. The lowest BCUT2D eigenvalue weighted by molar-refractivity contribution is 0.110. The van der Waals surface area contributed by atoms with Crippen molar-refractivity contribution in [3.63, 3.8) is 0 Å². The first-order valence-corrected chi connectivity index (χ1v) is 6.34. The van der Waals surface area contributed by atoms with Gasteiger partial charge in [-0.05, 0) is 32.9 Å². The number of pyridine rings is 1. The SMILES string of the molecule is CCNc1cccc(OC2CCN(C)CC2)n1. The van der Waals surface area contributed by atoms with Gasteiger partial charge in [-0.2, -0.15) is 4.98 Å². The monoisotopic (exact) mass is 235 g/mol. The highest BCUT2D eigenvalue weighted by molar-refractivity contribution is 5.36. The molecule has 1 saturated heterocycles. The van der Waals surface area contributed by atoms with Crippen LogP contribution in [0.25, 0.3) is 0 Å². The molecule has 0 aromatic carbocycles. The molecule has 0 aliphatic carbocycles. The summed E-state index contributed by atoms with van der Waals surface area (Å²) in [5.41, 5.74) is 0. The molecule has 2 rings (SSSR count). The van der Waals surface area contributed by atoms with Crippen molar-refractivity contribution >= 4 is 5.82 Å². The van der Waals surface area contributed by atoms with Gasteiger partial charge in [0.2, 0.25) is 5.88 Å². The number of rotatable bonds is 4. The molecule has 2 heterocycles. The van der Waals surface area contributed by atoms with E-state index in [0.717, 1.165) is 44.2 Å². The summed E-state index contributed by atoms with van der Waals surface area (Å²) in [6.45, 7) is 5.16. The molecule has 0 spiro atoms. The van der Waals surface area contributed by atoms with Crippen LogP contribution < -0.4 is 10.1 Å². The molecule has 0 radical (unpaired) electrons. The Hall–Kier alpha value is -1.29. The number of likely N-dealkylation sites (tertiary alicyclic amines) is 1. The number of piperidine rings is 1. The van der Waals surface area contributed by atoms with Crippen LogP contribution in [0.3, 0.4) is 0 Å². The molecule has 0 saturated carbocycles. The third-order valence-electron chi connectivity index (χ3n) is 3.03. The van der Waals surface area contributed by atoms with Crippen LogP contribution in [0.15, 0.2) is 18.2 Å². The van der Waals surface area contributed by atoms with Gasteiger partial charge in [0, 0.05) is 25.7 Å². The highest BCUT2D eigenvalue weighted by atomic mass is 16.5. The third kappa shape index (κ3) is 3.60. The van der Waals surface area contributed by atoms with Crippen LogP contribution in [-0.2, 0) is 0 Å². The molecule has 17 heavy (non-hydrogen) atoms. The Labute approximate surface area is 103 Å². The molecule has 4 nitrogen and oxygen atoms in total. The van der Waals surface area contributed by atoms with E-state index in [4.69, 9.17) is 4.74 Å². The smallest absolute Gasteiger partial charge is 0.215 e. The molecular formula is C13H21N3O. The fourth-order valence-electron chi connectivity index (χ4n) is 2.03. The van der Waals surface area contributed by atoms with Crippen molar-refractivity contribution < 1.29 is 4.74 Å². The van der Waals surface area contributed by atoms with Crippen LogP contribution in [0.1, 0.15) is 19.8 Å². The standard InChI is InChI=1S/C13H21N3O/c1-3-14-12-5-4-6-13(15-12)17-11-7-9-16(2)10-8-11/h4-6,11H,3,7-10H2,1-2H3,(H,14,15). The molecule has 1 aliphatic rings. The summed E-state index contributed by atoms with van der Waals surface area (Å²) in [6, 6.07) is 5.87. The van der Waals surface area contributed by atoms with E-state index < -0.39 is 0 Å². The van der Waals surface area contributed by atoms with Gasteiger partial charge in [-0.3, -0.25) is 0 Å². The second-order valence-corrected chi connectivity index (χ2v) is 4.51. The molecule has 0 bridgehead atoms. The fourth-order valence-corrected chi connectivity index (χ4v) is 2.03. The quantitative estimate of drug-likeness (QED) is 0.866. The van der Waals surface area contributed by atoms with Gasteiger partial charge in [-0.1, -0.05) is 6.07 Å². The summed E-state index contributed by atoms with van der Waals surface area (Å²) in [5.74, 6) is 1.62. The predicted molar refractivity (Wildman–Crippen MR) is 69.5 cm³/mol. The zero-order valence-corrected chi connectivity index (χ0v) is 10.6. The van der Waals surface area contributed by atoms with E-state index in [1.54, 1.807) is 0 Å². The lowest BCUT2D eigenvalue weighted by Crippen LogP contribution is -2.35. The van der Waals surface area contributed by atoms with Crippen molar-refractivity contribution in [1.29, 1.82) is 0 Å². The average Bonchev–Trinajstić information content (AvgIpc) is 2.33. The van der Waals surface area contributed by atoms with Crippen LogP contribution in [-0.4, -0.2) is 42.7 Å². The molecule has 1 fully saturated rings. The maximum Gasteiger partial charge on any atom is 0.215 e. The molecule has 0 unspecified atom stereocenters. The minimum Gasteiger partial charge on any atom is -0.474 e. The maximum absolute atomic E-state index is 5.91. The van der Waals surface area contributed by atoms with Gasteiger partial charge in [0.15, 0.2) is 0 Å². The summed E-state index contributed by atoms with van der Waals surface area (Å²) in [5, 5.41) is 3.19. The summed E-state index contributed by atoms with van der Waals surface area (Å²) in [7, 11) is 2.15. The molecule has 0 atom stereocenters. The van der Waals surface area contributed by atoms with E-state index in [9.17, 15) is 0 Å². The normalized spacial score (nSPS) is 18.0. The minimum atomic E-state index is 0.315. The molecule has 4 heteroatoms. The number of nitrogens with zero attached hydrogens (tertiary/aromatic N) is 2. The predicted octanol–water partition coefficient (Wildman–Crippen LogP) is 1.99. The van der Waals surface area contributed by atoms with Crippen molar-refractivity contribution in [2.24, 2.45) is 0 Å². The Morgan fingerprint density at radius 2 is 2.18 bits per heavy atom. The first kappa shape index (κ1) is 12.2. The van der Waals surface area contributed by atoms with Gasteiger partial charge in [0.25, 0.3) is 0 Å². The molecule has 0 amide bonds. The van der Waals surface area contributed by atoms with Gasteiger partial charge < -0.3 is 15.0 Å². The van der Waals surface area contributed by atoms with Crippen molar-refractivity contribution in [2.45, 2.75) is 25.9 Å². The number of anilines is 1. The Morgan fingerprint density at radius 1 is 1.41 bits per heavy atom. The van der Waals surface area contributed by atoms with E-state index in [0.29, 0.717) is 6.10 Å². The summed E-state index contributed by atoms with van der Waals surface area (Å²) < 4.78 is 5.91. The van der Waals surface area contributed by atoms with Crippen molar-refractivity contribution in [3.8, 4) is 5.88 Å². The van der Waals surface area contributed by atoms with Gasteiger partial charge in [-0.25, -0.2) is 0 Å². The Morgan fingerprint density at radius 3 is 2.88 bits per heavy atom. The minimum absolute atomic E-state index is 0.315. The number of nitrogens with one attached hydrogen (secondary N) is 1. The molecule has 94 valence electrons. The topological polar surface area (TPSA) is 37.4 Å². The van der Waals surface area contributed by atoms with Crippen molar-refractivity contribution in [1.82, 2.24) is 9.88 Å². The molecule has 1 aromatic heterocycles. The number of aromatic nitrogens is 1. The number of hydrogen-bond donors (Lipinski definition) is 1. The van der Waals surface area contributed by atoms with Crippen LogP contribution in [0.2, 0.25) is 0 Å².